The van der Waals surface area contributed by atoms with Gasteiger partial charge in [-0.05, 0) is 42.7 Å². The number of ether oxygens (including phenoxy) is 2. The summed E-state index contributed by atoms with van der Waals surface area (Å²) in [4.78, 5) is 24.4. The van der Waals surface area contributed by atoms with E-state index in [4.69, 9.17) is 9.47 Å². The molecule has 7 heteroatoms. The SMILES string of the molecule is Cc1cccc(C)c1NC(=O)CNC(=O)Cc1cc2c(cc1Br)OCCO2. The van der Waals surface area contributed by atoms with Gasteiger partial charge in [0.1, 0.15) is 13.2 Å². The Hall–Kier alpha value is -2.54. The highest BCUT2D eigenvalue weighted by molar-refractivity contribution is 9.10. The summed E-state index contributed by atoms with van der Waals surface area (Å²) in [5.74, 6) is 0.774. The van der Waals surface area contributed by atoms with Crippen molar-refractivity contribution < 1.29 is 19.1 Å². The molecule has 2 aromatic carbocycles. The highest BCUT2D eigenvalue weighted by Gasteiger charge is 2.17. The van der Waals surface area contributed by atoms with Crippen molar-refractivity contribution >= 4 is 33.4 Å². The van der Waals surface area contributed by atoms with Crippen LogP contribution in [0.2, 0.25) is 0 Å². The van der Waals surface area contributed by atoms with Crippen LogP contribution in [-0.2, 0) is 16.0 Å². The number of benzene rings is 2. The van der Waals surface area contributed by atoms with Crippen molar-refractivity contribution in [1.29, 1.82) is 0 Å². The first-order valence-corrected chi connectivity index (χ1v) is 9.44. The van der Waals surface area contributed by atoms with Crippen LogP contribution in [0.3, 0.4) is 0 Å². The van der Waals surface area contributed by atoms with E-state index in [1.165, 1.54) is 0 Å². The Labute approximate surface area is 166 Å². The van der Waals surface area contributed by atoms with Crippen molar-refractivity contribution in [2.45, 2.75) is 20.3 Å². The lowest BCUT2D eigenvalue weighted by Gasteiger charge is -2.19. The van der Waals surface area contributed by atoms with E-state index in [9.17, 15) is 9.59 Å². The molecule has 1 aliphatic rings. The molecule has 1 heterocycles. The molecule has 1 aliphatic heterocycles. The van der Waals surface area contributed by atoms with E-state index in [0.29, 0.717) is 24.7 Å². The van der Waals surface area contributed by atoms with Crippen LogP contribution in [-0.4, -0.2) is 31.6 Å². The van der Waals surface area contributed by atoms with Gasteiger partial charge in [-0.2, -0.15) is 0 Å². The zero-order valence-electron chi connectivity index (χ0n) is 15.2. The molecule has 0 radical (unpaired) electrons. The summed E-state index contributed by atoms with van der Waals surface area (Å²) in [6.07, 6.45) is 0.133. The molecule has 27 heavy (non-hydrogen) atoms. The standard InChI is InChI=1S/C20H21BrN2O4/c1-12-4-3-5-13(2)20(12)23-19(25)11-22-18(24)9-14-8-16-17(10-15(14)21)27-7-6-26-16/h3-5,8,10H,6-7,9,11H2,1-2H3,(H,22,24)(H,23,25). The number of carbonyl (C=O) groups is 2. The number of para-hydroxylation sites is 1. The van der Waals surface area contributed by atoms with Crippen molar-refractivity contribution in [2.75, 3.05) is 25.1 Å². The van der Waals surface area contributed by atoms with Gasteiger partial charge >= 0.3 is 0 Å². The molecule has 0 aromatic heterocycles. The number of hydrogen-bond donors (Lipinski definition) is 2. The summed E-state index contributed by atoms with van der Waals surface area (Å²) in [6.45, 7) is 4.77. The minimum Gasteiger partial charge on any atom is -0.486 e. The summed E-state index contributed by atoms with van der Waals surface area (Å²) in [7, 11) is 0. The number of aryl methyl sites for hydroxylation is 2. The van der Waals surface area contributed by atoms with E-state index in [1.54, 1.807) is 12.1 Å². The Morgan fingerprint density at radius 2 is 1.67 bits per heavy atom. The normalized spacial score (nSPS) is 12.4. The lowest BCUT2D eigenvalue weighted by Crippen LogP contribution is -2.34. The zero-order chi connectivity index (χ0) is 19.4. The molecule has 0 aliphatic carbocycles. The molecule has 0 bridgehead atoms. The van der Waals surface area contributed by atoms with Gasteiger partial charge in [0.25, 0.3) is 0 Å². The van der Waals surface area contributed by atoms with Gasteiger partial charge in [-0.15, -0.1) is 0 Å². The maximum atomic E-state index is 12.2. The van der Waals surface area contributed by atoms with E-state index in [2.05, 4.69) is 26.6 Å². The van der Waals surface area contributed by atoms with Gasteiger partial charge in [0.15, 0.2) is 11.5 Å². The number of anilines is 1. The predicted octanol–water partition coefficient (Wildman–Crippen LogP) is 3.13. The molecule has 0 saturated heterocycles. The van der Waals surface area contributed by atoms with Crippen LogP contribution < -0.4 is 20.1 Å². The van der Waals surface area contributed by atoms with Crippen molar-refractivity contribution in [3.8, 4) is 11.5 Å². The molecule has 6 nitrogen and oxygen atoms in total. The van der Waals surface area contributed by atoms with E-state index >= 15 is 0 Å². The average molecular weight is 433 g/mol. The zero-order valence-corrected chi connectivity index (χ0v) is 16.8. The number of fused-ring (bicyclic) bond motifs is 1. The lowest BCUT2D eigenvalue weighted by atomic mass is 10.1. The summed E-state index contributed by atoms with van der Waals surface area (Å²) >= 11 is 3.45. The number of hydrogen-bond acceptors (Lipinski definition) is 4. The summed E-state index contributed by atoms with van der Waals surface area (Å²) in [5.41, 5.74) is 3.52. The number of nitrogens with one attached hydrogen (secondary N) is 2. The van der Waals surface area contributed by atoms with Gasteiger partial charge in [0.2, 0.25) is 11.8 Å². The molecular formula is C20H21BrN2O4. The van der Waals surface area contributed by atoms with Crippen molar-refractivity contribution in [3.05, 3.63) is 51.5 Å². The second-order valence-corrected chi connectivity index (χ2v) is 7.21. The first kappa shape index (κ1) is 19.2. The van der Waals surface area contributed by atoms with Crippen molar-refractivity contribution in [1.82, 2.24) is 5.32 Å². The highest BCUT2D eigenvalue weighted by Crippen LogP contribution is 2.35. The summed E-state index contributed by atoms with van der Waals surface area (Å²) in [5, 5.41) is 5.50. The maximum Gasteiger partial charge on any atom is 0.243 e. The van der Waals surface area contributed by atoms with Crippen LogP contribution in [0.15, 0.2) is 34.8 Å². The minimum atomic E-state index is -0.262. The molecule has 0 fully saturated rings. The van der Waals surface area contributed by atoms with E-state index in [0.717, 1.165) is 26.9 Å². The van der Waals surface area contributed by atoms with E-state index in [-0.39, 0.29) is 24.8 Å². The van der Waals surface area contributed by atoms with Gasteiger partial charge < -0.3 is 20.1 Å². The number of rotatable bonds is 5. The molecule has 3 rings (SSSR count). The quantitative estimate of drug-likeness (QED) is 0.760. The van der Waals surface area contributed by atoms with E-state index < -0.39 is 0 Å². The molecule has 0 unspecified atom stereocenters. The van der Waals surface area contributed by atoms with Crippen molar-refractivity contribution in [3.63, 3.8) is 0 Å². The molecule has 0 atom stereocenters. The molecule has 0 spiro atoms. The second-order valence-electron chi connectivity index (χ2n) is 6.36. The fraction of sp³-hybridized carbons (Fsp3) is 0.300. The number of amides is 2. The minimum absolute atomic E-state index is 0.0885. The molecule has 142 valence electrons. The van der Waals surface area contributed by atoms with E-state index in [1.807, 2.05) is 32.0 Å². The fourth-order valence-corrected chi connectivity index (χ4v) is 3.31. The number of carbonyl (C=O) groups excluding carboxylic acids is 2. The Kier molecular flexibility index (Phi) is 6.01. The Morgan fingerprint density at radius 1 is 1.04 bits per heavy atom. The first-order valence-electron chi connectivity index (χ1n) is 8.65. The molecular weight excluding hydrogens is 412 g/mol. The molecule has 2 aromatic rings. The van der Waals surface area contributed by atoms with Gasteiger partial charge in [-0.25, -0.2) is 0 Å². The van der Waals surface area contributed by atoms with Crippen LogP contribution in [0.25, 0.3) is 0 Å². The van der Waals surface area contributed by atoms with Gasteiger partial charge in [-0.3, -0.25) is 9.59 Å². The predicted molar refractivity (Wildman–Crippen MR) is 106 cm³/mol. The van der Waals surface area contributed by atoms with Crippen molar-refractivity contribution in [2.24, 2.45) is 0 Å². The smallest absolute Gasteiger partial charge is 0.243 e. The van der Waals surface area contributed by atoms with Gasteiger partial charge in [0, 0.05) is 10.2 Å². The monoisotopic (exact) mass is 432 g/mol. The van der Waals surface area contributed by atoms with Crippen LogP contribution in [0.4, 0.5) is 5.69 Å². The Morgan fingerprint density at radius 3 is 2.33 bits per heavy atom. The molecule has 0 saturated carbocycles. The highest BCUT2D eigenvalue weighted by atomic mass is 79.9. The maximum absolute atomic E-state index is 12.2. The summed E-state index contributed by atoms with van der Waals surface area (Å²) in [6, 6.07) is 9.38. The third-order valence-electron chi connectivity index (χ3n) is 4.25. The Balaban J connectivity index is 1.56. The van der Waals surface area contributed by atoms with Gasteiger partial charge in [-0.1, -0.05) is 34.1 Å². The second kappa shape index (κ2) is 8.43. The van der Waals surface area contributed by atoms with Gasteiger partial charge in [0.05, 0.1) is 13.0 Å². The van der Waals surface area contributed by atoms with Crippen LogP contribution in [0.1, 0.15) is 16.7 Å². The molecule has 2 amide bonds. The largest absolute Gasteiger partial charge is 0.486 e. The average Bonchev–Trinajstić information content (AvgIpc) is 2.64. The van der Waals surface area contributed by atoms with Crippen LogP contribution >= 0.6 is 15.9 Å². The lowest BCUT2D eigenvalue weighted by molar-refractivity contribution is -0.123. The topological polar surface area (TPSA) is 76.7 Å². The fourth-order valence-electron chi connectivity index (χ4n) is 2.85. The van der Waals surface area contributed by atoms with Crippen LogP contribution in [0, 0.1) is 13.8 Å². The molecule has 2 N–H and O–H groups in total. The number of halogens is 1. The first-order chi connectivity index (χ1) is 12.9. The third-order valence-corrected chi connectivity index (χ3v) is 4.99. The van der Waals surface area contributed by atoms with Crippen LogP contribution in [0.5, 0.6) is 11.5 Å². The third kappa shape index (κ3) is 4.80. The summed E-state index contributed by atoms with van der Waals surface area (Å²) < 4.78 is 11.8. The Bertz CT molecular complexity index is 862.